The van der Waals surface area contributed by atoms with Crippen LogP contribution >= 0.6 is 0 Å². The molecule has 34 heavy (non-hydrogen) atoms. The molecule has 0 aliphatic carbocycles. The van der Waals surface area contributed by atoms with Crippen LogP contribution in [0.15, 0.2) is 6.07 Å². The van der Waals surface area contributed by atoms with E-state index in [0.717, 1.165) is 0 Å². The molecule has 1 unspecified atom stereocenters. The van der Waals surface area contributed by atoms with Crippen molar-refractivity contribution in [3.63, 3.8) is 0 Å². The first kappa shape index (κ1) is 29.4. The summed E-state index contributed by atoms with van der Waals surface area (Å²) in [5.41, 5.74) is -6.34. The van der Waals surface area contributed by atoms with Gasteiger partial charge in [0.25, 0.3) is 5.88 Å². The molecule has 0 spiro atoms. The number of pyridine rings is 1. The van der Waals surface area contributed by atoms with Crippen LogP contribution in [0.5, 0.6) is 5.88 Å². The molecule has 1 rings (SSSR count). The molecule has 1 atom stereocenters. The first-order valence-electron chi connectivity index (χ1n) is 10.4. The summed E-state index contributed by atoms with van der Waals surface area (Å²) in [7, 11) is -4.71. The van der Waals surface area contributed by atoms with Crippen molar-refractivity contribution in [1.29, 1.82) is 0 Å². The number of carbonyl (C=O) groups is 2. The van der Waals surface area contributed by atoms with E-state index in [2.05, 4.69) is 9.17 Å². The zero-order chi connectivity index (χ0) is 26.1. The highest BCUT2D eigenvalue weighted by molar-refractivity contribution is 7.88. The number of methoxy groups -OCH3 is 1. The van der Waals surface area contributed by atoms with Gasteiger partial charge in [0, 0.05) is 19.3 Å². The Morgan fingerprint density at radius 2 is 1.76 bits per heavy atom. The van der Waals surface area contributed by atoms with Crippen molar-refractivity contribution in [2.45, 2.75) is 52.1 Å². The van der Waals surface area contributed by atoms with E-state index in [-0.39, 0.29) is 44.2 Å². The van der Waals surface area contributed by atoms with E-state index in [1.807, 2.05) is 0 Å². The average Bonchev–Trinajstić information content (AvgIpc) is 2.72. The van der Waals surface area contributed by atoms with Gasteiger partial charge in [0.2, 0.25) is 0 Å². The van der Waals surface area contributed by atoms with E-state index in [0.29, 0.717) is 6.42 Å². The fourth-order valence-corrected chi connectivity index (χ4v) is 3.45. The number of carbonyl (C=O) groups excluding carboxylic acids is 2. The summed E-state index contributed by atoms with van der Waals surface area (Å²) in [6.07, 6.45) is 0.312. The number of halogens is 3. The Morgan fingerprint density at radius 3 is 2.26 bits per heavy atom. The maximum atomic E-state index is 13.0. The van der Waals surface area contributed by atoms with E-state index < -0.39 is 45.1 Å². The van der Waals surface area contributed by atoms with Crippen LogP contribution in [0, 0.1) is 6.92 Å². The van der Waals surface area contributed by atoms with Crippen molar-refractivity contribution in [3.8, 4) is 5.88 Å². The van der Waals surface area contributed by atoms with Gasteiger partial charge in [-0.25, -0.2) is 9.78 Å². The van der Waals surface area contributed by atoms with E-state index in [4.69, 9.17) is 14.2 Å². The van der Waals surface area contributed by atoms with Crippen molar-refractivity contribution in [3.05, 3.63) is 17.3 Å². The summed E-state index contributed by atoms with van der Waals surface area (Å²) in [5.74, 6) is -2.77. The van der Waals surface area contributed by atoms with Crippen LogP contribution in [0.25, 0.3) is 0 Å². The summed E-state index contributed by atoms with van der Waals surface area (Å²) in [6, 6.07) is 0.907. The zero-order valence-corrected chi connectivity index (χ0v) is 20.4. The molecule has 14 heteroatoms. The average molecular weight is 515 g/mol. The third-order valence-corrected chi connectivity index (χ3v) is 5.43. The van der Waals surface area contributed by atoms with E-state index in [1.165, 1.54) is 31.9 Å². The molecule has 194 valence electrons. The Bertz CT molecular complexity index is 954. The Balaban J connectivity index is 3.76. The molecule has 1 aromatic heterocycles. The minimum Gasteiger partial charge on any atom is -0.466 e. The predicted octanol–water partition coefficient (Wildman–Crippen LogP) is 2.98. The van der Waals surface area contributed by atoms with Gasteiger partial charge in [-0.3, -0.25) is 4.79 Å². The Kier molecular flexibility index (Phi) is 11.0. The van der Waals surface area contributed by atoms with Crippen LogP contribution in [-0.2, 0) is 29.1 Å². The molecule has 0 radical (unpaired) electrons. The van der Waals surface area contributed by atoms with Crippen molar-refractivity contribution < 1.29 is 49.6 Å². The number of nitrogens with zero attached hydrogens (tertiary/aromatic N) is 2. The number of esters is 2. The number of hydrogen-bond donors (Lipinski definition) is 0. The van der Waals surface area contributed by atoms with Crippen LogP contribution in [0.4, 0.5) is 18.9 Å². The normalized spacial score (nSPS) is 12.7. The number of anilines is 1. The third-order valence-electron chi connectivity index (χ3n) is 4.49. The predicted molar refractivity (Wildman–Crippen MR) is 115 cm³/mol. The SMILES string of the molecule is CCOC(=O)CCN(c1cc(C)nc(OS(=O)(=O)C(F)(F)F)c1C(=O)OCC)C(CC)COC. The summed E-state index contributed by atoms with van der Waals surface area (Å²) < 4.78 is 81.7. The molecule has 10 nitrogen and oxygen atoms in total. The molecule has 0 saturated heterocycles. The molecule has 0 saturated carbocycles. The van der Waals surface area contributed by atoms with Gasteiger partial charge in [-0.1, -0.05) is 6.92 Å². The highest BCUT2D eigenvalue weighted by Gasteiger charge is 2.49. The fraction of sp³-hybridized carbons (Fsp3) is 0.650. The molecular formula is C20H29F3N2O8S. The Morgan fingerprint density at radius 1 is 1.15 bits per heavy atom. The number of ether oxygens (including phenoxy) is 3. The molecule has 0 N–H and O–H groups in total. The van der Waals surface area contributed by atoms with E-state index >= 15 is 0 Å². The number of alkyl halides is 3. The smallest absolute Gasteiger partial charge is 0.466 e. The molecule has 0 amide bonds. The first-order valence-corrected chi connectivity index (χ1v) is 11.8. The van der Waals surface area contributed by atoms with Crippen LogP contribution in [0.3, 0.4) is 0 Å². The van der Waals surface area contributed by atoms with Gasteiger partial charge in [-0.15, -0.1) is 0 Å². The lowest BCUT2D eigenvalue weighted by Gasteiger charge is -2.34. The van der Waals surface area contributed by atoms with Gasteiger partial charge < -0.3 is 23.3 Å². The van der Waals surface area contributed by atoms with E-state index in [1.54, 1.807) is 13.8 Å². The third kappa shape index (κ3) is 7.72. The molecule has 0 fully saturated rings. The summed E-state index contributed by atoms with van der Waals surface area (Å²) in [4.78, 5) is 30.0. The lowest BCUT2D eigenvalue weighted by molar-refractivity contribution is -0.142. The van der Waals surface area contributed by atoms with Gasteiger partial charge >= 0.3 is 27.6 Å². The van der Waals surface area contributed by atoms with Gasteiger partial charge in [0.15, 0.2) is 0 Å². The zero-order valence-electron chi connectivity index (χ0n) is 19.6. The second kappa shape index (κ2) is 12.7. The largest absolute Gasteiger partial charge is 0.534 e. The van der Waals surface area contributed by atoms with Crippen molar-refractivity contribution >= 4 is 27.7 Å². The first-order chi connectivity index (χ1) is 15.8. The molecule has 0 aliphatic heterocycles. The Hall–Kier alpha value is -2.61. The summed E-state index contributed by atoms with van der Waals surface area (Å²) >= 11 is 0. The second-order valence-electron chi connectivity index (χ2n) is 6.93. The minimum absolute atomic E-state index is 0.0217. The molecule has 0 aliphatic rings. The maximum Gasteiger partial charge on any atom is 0.534 e. The Labute approximate surface area is 196 Å². The number of rotatable bonds is 13. The van der Waals surface area contributed by atoms with Gasteiger partial charge in [0.05, 0.1) is 38.0 Å². The topological polar surface area (TPSA) is 121 Å². The molecule has 1 aromatic rings. The standard InChI is InChI=1S/C20H29F3N2O8S/c1-6-14(12-30-5)25(10-9-16(26)31-7-2)15-11-13(4)24-18(17(15)19(27)32-8-3)33-34(28,29)20(21,22)23/h11,14H,6-10,12H2,1-5H3. The van der Waals surface area contributed by atoms with Crippen LogP contribution in [0.1, 0.15) is 49.7 Å². The quantitative estimate of drug-likeness (QED) is 0.221. The highest BCUT2D eigenvalue weighted by Crippen LogP contribution is 2.35. The lowest BCUT2D eigenvalue weighted by Crippen LogP contribution is -2.41. The van der Waals surface area contributed by atoms with Gasteiger partial charge in [-0.05, 0) is 33.3 Å². The second-order valence-corrected chi connectivity index (χ2v) is 8.47. The highest BCUT2D eigenvalue weighted by atomic mass is 32.2. The number of hydrogen-bond acceptors (Lipinski definition) is 10. The summed E-state index contributed by atoms with van der Waals surface area (Å²) in [6.45, 7) is 6.36. The van der Waals surface area contributed by atoms with Gasteiger partial charge in [0.1, 0.15) is 5.56 Å². The van der Waals surface area contributed by atoms with Crippen LogP contribution < -0.4 is 9.08 Å². The molecule has 0 bridgehead atoms. The van der Waals surface area contributed by atoms with Crippen molar-refractivity contribution in [2.75, 3.05) is 38.4 Å². The lowest BCUT2D eigenvalue weighted by atomic mass is 10.1. The summed E-state index contributed by atoms with van der Waals surface area (Å²) in [5, 5.41) is 0. The fourth-order valence-electron chi connectivity index (χ4n) is 3.03. The molecular weight excluding hydrogens is 485 g/mol. The van der Waals surface area contributed by atoms with Crippen LogP contribution in [-0.4, -0.2) is 70.4 Å². The van der Waals surface area contributed by atoms with Gasteiger partial charge in [-0.2, -0.15) is 21.6 Å². The van der Waals surface area contributed by atoms with Crippen molar-refractivity contribution in [1.82, 2.24) is 4.98 Å². The van der Waals surface area contributed by atoms with Crippen LogP contribution in [0.2, 0.25) is 0 Å². The monoisotopic (exact) mass is 514 g/mol. The molecule has 0 aromatic carbocycles. The maximum absolute atomic E-state index is 13.0. The van der Waals surface area contributed by atoms with E-state index in [9.17, 15) is 31.2 Å². The molecule has 1 heterocycles. The minimum atomic E-state index is -6.14. The van der Waals surface area contributed by atoms with Crippen molar-refractivity contribution in [2.24, 2.45) is 0 Å². The number of aryl methyl sites for hydroxylation is 1. The number of aromatic nitrogens is 1.